The van der Waals surface area contributed by atoms with Crippen LogP contribution in [0, 0.1) is 0 Å². The summed E-state index contributed by atoms with van der Waals surface area (Å²) >= 11 is 3.30. The van der Waals surface area contributed by atoms with Crippen molar-refractivity contribution in [3.8, 4) is 0 Å². The first-order valence-electron chi connectivity index (χ1n) is 6.51. The molecule has 3 rings (SSSR count). The van der Waals surface area contributed by atoms with Crippen molar-refractivity contribution in [2.24, 2.45) is 0 Å². The highest BCUT2D eigenvalue weighted by molar-refractivity contribution is 9.10. The van der Waals surface area contributed by atoms with E-state index in [4.69, 9.17) is 4.74 Å². The lowest BCUT2D eigenvalue weighted by molar-refractivity contribution is 0.184. The summed E-state index contributed by atoms with van der Waals surface area (Å²) in [5.41, 5.74) is 0.960. The summed E-state index contributed by atoms with van der Waals surface area (Å²) in [7, 11) is 0. The molecule has 1 atom stereocenters. The lowest BCUT2D eigenvalue weighted by Crippen LogP contribution is -2.09. The van der Waals surface area contributed by atoms with Gasteiger partial charge in [0.15, 0.2) is 0 Å². The van der Waals surface area contributed by atoms with E-state index in [1.165, 1.54) is 0 Å². The molecule has 0 radical (unpaired) electrons. The van der Waals surface area contributed by atoms with Gasteiger partial charge in [-0.05, 0) is 22.4 Å². The first-order valence-corrected chi connectivity index (χ1v) is 7.30. The van der Waals surface area contributed by atoms with Crippen LogP contribution in [0.4, 0.5) is 5.95 Å². The Morgan fingerprint density at radius 3 is 3.00 bits per heavy atom. The van der Waals surface area contributed by atoms with E-state index >= 15 is 0 Å². The van der Waals surface area contributed by atoms with Crippen molar-refractivity contribution in [1.82, 2.24) is 25.0 Å². The molecule has 1 aliphatic rings. The van der Waals surface area contributed by atoms with E-state index in [1.54, 1.807) is 12.4 Å². The Morgan fingerprint density at radius 2 is 2.25 bits per heavy atom. The fraction of sp³-hybridized carbons (Fsp3) is 0.500. The Hall–Kier alpha value is -1.54. The predicted octanol–water partition coefficient (Wildman–Crippen LogP) is 1.45. The van der Waals surface area contributed by atoms with Gasteiger partial charge in [-0.3, -0.25) is 0 Å². The van der Waals surface area contributed by atoms with Crippen LogP contribution < -0.4 is 5.32 Å². The van der Waals surface area contributed by atoms with E-state index < -0.39 is 0 Å². The molecule has 0 saturated carbocycles. The minimum absolute atomic E-state index is 0.332. The van der Waals surface area contributed by atoms with Crippen LogP contribution in [-0.2, 0) is 11.2 Å². The maximum Gasteiger partial charge on any atom is 0.222 e. The highest BCUT2D eigenvalue weighted by atomic mass is 79.9. The third-order valence-corrected chi connectivity index (χ3v) is 3.53. The summed E-state index contributed by atoms with van der Waals surface area (Å²) in [4.78, 5) is 8.30. The predicted molar refractivity (Wildman–Crippen MR) is 76.4 cm³/mol. The van der Waals surface area contributed by atoms with Crippen LogP contribution in [0.3, 0.4) is 0 Å². The van der Waals surface area contributed by atoms with Gasteiger partial charge in [-0.1, -0.05) is 5.21 Å². The summed E-state index contributed by atoms with van der Waals surface area (Å²) in [6.07, 6.45) is 7.21. The van der Waals surface area contributed by atoms with Gasteiger partial charge >= 0.3 is 0 Å². The van der Waals surface area contributed by atoms with Crippen LogP contribution in [0.25, 0.3) is 0 Å². The first kappa shape index (κ1) is 13.4. The van der Waals surface area contributed by atoms with Crippen molar-refractivity contribution in [3.05, 3.63) is 28.8 Å². The highest BCUT2D eigenvalue weighted by Gasteiger charge is 2.18. The van der Waals surface area contributed by atoms with Crippen molar-refractivity contribution in [3.63, 3.8) is 0 Å². The molecule has 3 heterocycles. The third-order valence-electron chi connectivity index (χ3n) is 3.12. The van der Waals surface area contributed by atoms with Gasteiger partial charge in [0.25, 0.3) is 0 Å². The number of nitrogens with zero attached hydrogens (tertiary/aromatic N) is 5. The summed E-state index contributed by atoms with van der Waals surface area (Å²) in [5.74, 6) is 0.616. The molecule has 0 spiro atoms. The molecule has 1 fully saturated rings. The van der Waals surface area contributed by atoms with E-state index in [0.29, 0.717) is 12.0 Å². The van der Waals surface area contributed by atoms with Gasteiger partial charge in [-0.25, -0.2) is 14.6 Å². The number of aromatic nitrogens is 5. The molecule has 1 unspecified atom stereocenters. The molecule has 8 heteroatoms. The summed E-state index contributed by atoms with van der Waals surface area (Å²) in [6.45, 7) is 2.26. The molecule has 0 amide bonds. The van der Waals surface area contributed by atoms with Crippen LogP contribution in [0.2, 0.25) is 0 Å². The Labute approximate surface area is 124 Å². The fourth-order valence-electron chi connectivity index (χ4n) is 2.04. The molecule has 2 aromatic heterocycles. The van der Waals surface area contributed by atoms with Crippen LogP contribution in [0.15, 0.2) is 23.1 Å². The second-order valence-corrected chi connectivity index (χ2v) is 5.52. The molecule has 0 aromatic carbocycles. The van der Waals surface area contributed by atoms with Gasteiger partial charge in [-0.15, -0.1) is 5.10 Å². The van der Waals surface area contributed by atoms with Crippen molar-refractivity contribution in [2.45, 2.75) is 18.9 Å². The monoisotopic (exact) mass is 338 g/mol. The lowest BCUT2D eigenvalue weighted by atomic mass is 10.2. The number of hydrogen-bond acceptors (Lipinski definition) is 6. The summed E-state index contributed by atoms with van der Waals surface area (Å²) in [5, 5.41) is 11.5. The number of ether oxygens (including phenoxy) is 1. The van der Waals surface area contributed by atoms with Gasteiger partial charge in [-0.2, -0.15) is 0 Å². The topological polar surface area (TPSA) is 77.8 Å². The molecule has 1 aliphatic heterocycles. The largest absolute Gasteiger partial charge is 0.379 e. The molecule has 1 N–H and O–H groups in total. The van der Waals surface area contributed by atoms with Crippen molar-refractivity contribution in [1.29, 1.82) is 0 Å². The van der Waals surface area contributed by atoms with Gasteiger partial charge in [0.05, 0.1) is 22.8 Å². The molecule has 0 bridgehead atoms. The zero-order valence-electron chi connectivity index (χ0n) is 10.9. The Balaban J connectivity index is 1.49. The molecule has 7 nitrogen and oxygen atoms in total. The fourth-order valence-corrected chi connectivity index (χ4v) is 2.25. The van der Waals surface area contributed by atoms with Crippen LogP contribution in [-0.4, -0.2) is 44.7 Å². The Bertz CT molecular complexity index is 551. The van der Waals surface area contributed by atoms with E-state index in [2.05, 4.69) is 41.5 Å². The lowest BCUT2D eigenvalue weighted by Gasteiger charge is -2.05. The van der Waals surface area contributed by atoms with Crippen LogP contribution in [0.5, 0.6) is 0 Å². The van der Waals surface area contributed by atoms with E-state index in [-0.39, 0.29) is 0 Å². The second kappa shape index (κ2) is 6.27. The second-order valence-electron chi connectivity index (χ2n) is 4.61. The molecule has 20 heavy (non-hydrogen) atoms. The maximum absolute atomic E-state index is 5.35. The van der Waals surface area contributed by atoms with Crippen molar-refractivity contribution < 1.29 is 4.74 Å². The average molecular weight is 339 g/mol. The van der Waals surface area contributed by atoms with Crippen molar-refractivity contribution >= 4 is 21.9 Å². The van der Waals surface area contributed by atoms with Crippen molar-refractivity contribution in [2.75, 3.05) is 25.1 Å². The molecular formula is C12H15BrN6O. The zero-order valence-corrected chi connectivity index (χ0v) is 12.5. The highest BCUT2D eigenvalue weighted by Crippen LogP contribution is 2.17. The number of nitrogens with one attached hydrogen (secondary N) is 1. The third kappa shape index (κ3) is 3.31. The van der Waals surface area contributed by atoms with E-state index in [1.807, 2.05) is 10.9 Å². The average Bonchev–Trinajstić information content (AvgIpc) is 3.11. The molecule has 1 saturated heterocycles. The number of anilines is 1. The SMILES string of the molecule is Brc1cnc(NCCc2cn(C3CCOC3)nn2)nc1. The minimum Gasteiger partial charge on any atom is -0.379 e. The standard InChI is InChI=1S/C12H15BrN6O/c13-9-5-15-12(16-6-9)14-3-1-10-7-19(18-17-10)11-2-4-20-8-11/h5-7,11H,1-4,8H2,(H,14,15,16). The van der Waals surface area contributed by atoms with E-state index in [0.717, 1.165) is 42.8 Å². The van der Waals surface area contributed by atoms with Gasteiger partial charge < -0.3 is 10.1 Å². The zero-order chi connectivity index (χ0) is 13.8. The normalized spacial score (nSPS) is 18.4. The summed E-state index contributed by atoms with van der Waals surface area (Å²) < 4.78 is 8.11. The van der Waals surface area contributed by atoms with Gasteiger partial charge in [0.1, 0.15) is 0 Å². The van der Waals surface area contributed by atoms with E-state index in [9.17, 15) is 0 Å². The smallest absolute Gasteiger partial charge is 0.222 e. The molecule has 106 valence electrons. The molecule has 2 aromatic rings. The summed E-state index contributed by atoms with van der Waals surface area (Å²) in [6, 6.07) is 0.332. The van der Waals surface area contributed by atoms with Crippen LogP contribution in [0.1, 0.15) is 18.2 Å². The maximum atomic E-state index is 5.35. The number of hydrogen-bond donors (Lipinski definition) is 1. The minimum atomic E-state index is 0.332. The van der Waals surface area contributed by atoms with Crippen LogP contribution >= 0.6 is 15.9 Å². The molecule has 0 aliphatic carbocycles. The Kier molecular flexibility index (Phi) is 4.22. The number of rotatable bonds is 5. The van der Waals surface area contributed by atoms with Gasteiger partial charge in [0, 0.05) is 38.2 Å². The quantitative estimate of drug-likeness (QED) is 0.888. The number of halogens is 1. The van der Waals surface area contributed by atoms with Gasteiger partial charge in [0.2, 0.25) is 5.95 Å². The first-order chi connectivity index (χ1) is 9.81. The molecular weight excluding hydrogens is 324 g/mol. The Morgan fingerprint density at radius 1 is 1.40 bits per heavy atom.